The van der Waals surface area contributed by atoms with E-state index in [9.17, 15) is 10.0 Å². The largest absolute Gasteiger partial charge is 0.497 e. The first-order valence-electron chi connectivity index (χ1n) is 20.9. The number of pyridine rings is 1. The maximum absolute atomic E-state index is 12.7. The predicted molar refractivity (Wildman–Crippen MR) is 253 cm³/mol. The zero-order valence-corrected chi connectivity index (χ0v) is 37.2. The van der Waals surface area contributed by atoms with Crippen LogP contribution in [0, 0.1) is 0 Å². The number of aromatic nitrogens is 1. The van der Waals surface area contributed by atoms with E-state index in [4.69, 9.17) is 43.6 Å². The van der Waals surface area contributed by atoms with Crippen LogP contribution in [-0.2, 0) is 24.4 Å². The Morgan fingerprint density at radius 3 is 2.25 bits per heavy atom. The molecule has 1 fully saturated rings. The topological polar surface area (TPSA) is 189 Å². The Labute approximate surface area is 375 Å². The van der Waals surface area contributed by atoms with Gasteiger partial charge in [0.05, 0.1) is 66.0 Å². The minimum atomic E-state index is -0.215. The van der Waals surface area contributed by atoms with Gasteiger partial charge in [0.25, 0.3) is 5.91 Å². The normalized spacial score (nSPS) is 12.8. The second kappa shape index (κ2) is 24.7. The minimum Gasteiger partial charge on any atom is -0.497 e. The van der Waals surface area contributed by atoms with Crippen molar-refractivity contribution in [3.63, 3.8) is 0 Å². The number of nitrogens with two attached hydrogens (primary N) is 1. The summed E-state index contributed by atoms with van der Waals surface area (Å²) in [5.41, 5.74) is 11.3. The number of methoxy groups -OCH3 is 3. The van der Waals surface area contributed by atoms with Crippen LogP contribution in [0.2, 0.25) is 0 Å². The molecule has 1 amide bonds. The molecule has 16 heteroatoms. The third kappa shape index (κ3) is 14.9. The molecule has 4 aromatic carbocycles. The van der Waals surface area contributed by atoms with E-state index in [1.54, 1.807) is 32.5 Å². The summed E-state index contributed by atoms with van der Waals surface area (Å²) in [4.78, 5) is 19.4. The van der Waals surface area contributed by atoms with Gasteiger partial charge < -0.3 is 54.3 Å². The summed E-state index contributed by atoms with van der Waals surface area (Å²) in [6.45, 7) is 13.7. The SMILES string of the molecule is COCCOCCOCCOc1cc(Nc2cc(Oc3ccc(N)c4ccccc34)ccn2)cc(OC)c1.COc1c(NO)cc(C(C)(C)C)cc1C(=O)NCCN1CCOCC1.[HH].[HH].[HH].[HH]. The summed E-state index contributed by atoms with van der Waals surface area (Å²) in [7, 11) is 4.74. The third-order valence-corrected chi connectivity index (χ3v) is 9.91. The number of nitrogen functional groups attached to an aromatic ring is 1. The van der Waals surface area contributed by atoms with Crippen molar-refractivity contribution >= 4 is 39.6 Å². The van der Waals surface area contributed by atoms with E-state index in [0.717, 1.165) is 54.9 Å². The highest BCUT2D eigenvalue weighted by atomic mass is 16.6. The van der Waals surface area contributed by atoms with Crippen LogP contribution < -0.4 is 40.8 Å². The Kier molecular flexibility index (Phi) is 18.9. The molecular formula is C47H70N6O10. The van der Waals surface area contributed by atoms with Crippen LogP contribution in [0.3, 0.4) is 0 Å². The quantitative estimate of drug-likeness (QED) is 0.0269. The molecule has 0 saturated carbocycles. The molecule has 6 N–H and O–H groups in total. The number of carbonyl (C=O) groups excluding carboxylic acids is 1. The Morgan fingerprint density at radius 1 is 0.841 bits per heavy atom. The molecule has 5 aromatic rings. The Bertz CT molecular complexity index is 2220. The van der Waals surface area contributed by atoms with E-state index in [2.05, 4.69) is 46.8 Å². The molecule has 0 atom stereocenters. The summed E-state index contributed by atoms with van der Waals surface area (Å²) in [5.74, 6) is 3.38. The van der Waals surface area contributed by atoms with Gasteiger partial charge in [0.2, 0.25) is 0 Å². The molecule has 2 heterocycles. The van der Waals surface area contributed by atoms with Crippen LogP contribution in [0.25, 0.3) is 10.8 Å². The molecule has 0 spiro atoms. The first kappa shape index (κ1) is 48.2. The lowest BCUT2D eigenvalue weighted by Gasteiger charge is -2.26. The van der Waals surface area contributed by atoms with E-state index in [1.165, 1.54) is 7.11 Å². The van der Waals surface area contributed by atoms with Crippen LogP contribution in [0.4, 0.5) is 22.9 Å². The van der Waals surface area contributed by atoms with Crippen molar-refractivity contribution in [3.05, 3.63) is 96.2 Å². The predicted octanol–water partition coefficient (Wildman–Crippen LogP) is 8.26. The van der Waals surface area contributed by atoms with E-state index in [0.29, 0.717) is 97.7 Å². The molecule has 348 valence electrons. The maximum Gasteiger partial charge on any atom is 0.255 e. The standard InChI is InChI=1S/C29H33N3O6.C18H29N3O4.4H2/c1-33-11-12-35-13-14-36-15-16-37-24-18-21(17-23(19-24)34-2)32-29-20-22(9-10-31-29)38-28-8-7-27(30)25-5-3-4-6-26(25)28;1-18(2,3)13-11-14(16(24-4)15(12-13)20-23)17(22)19-5-6-21-7-9-25-10-8-21;;;;/h3-10,17-20H,11-16,30H2,1-2H3,(H,31,32);11-12,20,23H,5-10H2,1-4H3,(H,19,22);4*1H. The molecule has 1 aliphatic rings. The zero-order chi connectivity index (χ0) is 45.0. The van der Waals surface area contributed by atoms with Crippen molar-refractivity contribution in [1.29, 1.82) is 0 Å². The highest BCUT2D eigenvalue weighted by Crippen LogP contribution is 2.36. The number of anilines is 4. The summed E-state index contributed by atoms with van der Waals surface area (Å²) in [6, 6.07) is 24.4. The molecule has 6 rings (SSSR count). The van der Waals surface area contributed by atoms with Crippen LogP contribution in [0.5, 0.6) is 28.7 Å². The van der Waals surface area contributed by atoms with Gasteiger partial charge in [-0.15, -0.1) is 0 Å². The third-order valence-electron chi connectivity index (χ3n) is 9.91. The summed E-state index contributed by atoms with van der Waals surface area (Å²) >= 11 is 0. The van der Waals surface area contributed by atoms with Gasteiger partial charge in [-0.3, -0.25) is 20.4 Å². The lowest BCUT2D eigenvalue weighted by Crippen LogP contribution is -2.41. The van der Waals surface area contributed by atoms with Gasteiger partial charge in [-0.2, -0.15) is 0 Å². The van der Waals surface area contributed by atoms with Gasteiger partial charge in [-0.05, 0) is 41.3 Å². The number of hydrogen-bond donors (Lipinski definition) is 5. The fourth-order valence-corrected chi connectivity index (χ4v) is 6.51. The van der Waals surface area contributed by atoms with Gasteiger partial charge in [-0.25, -0.2) is 4.98 Å². The lowest BCUT2D eigenvalue weighted by atomic mass is 9.85. The number of rotatable bonds is 21. The Morgan fingerprint density at radius 2 is 1.56 bits per heavy atom. The van der Waals surface area contributed by atoms with E-state index >= 15 is 0 Å². The fourth-order valence-electron chi connectivity index (χ4n) is 6.51. The van der Waals surface area contributed by atoms with E-state index in [1.807, 2.05) is 66.7 Å². The highest BCUT2D eigenvalue weighted by molar-refractivity contribution is 5.99. The van der Waals surface area contributed by atoms with Crippen molar-refractivity contribution in [2.45, 2.75) is 26.2 Å². The van der Waals surface area contributed by atoms with Gasteiger partial charge in [0.1, 0.15) is 41.1 Å². The van der Waals surface area contributed by atoms with Crippen LogP contribution in [0.1, 0.15) is 42.4 Å². The molecule has 0 aliphatic carbocycles. The average Bonchev–Trinajstić information content (AvgIpc) is 3.29. The van der Waals surface area contributed by atoms with Gasteiger partial charge in [-0.1, -0.05) is 45.0 Å². The van der Waals surface area contributed by atoms with Gasteiger partial charge in [0.15, 0.2) is 5.75 Å². The number of hydrogen-bond acceptors (Lipinski definition) is 15. The first-order chi connectivity index (χ1) is 30.5. The Hall–Kier alpha value is -5.88. The summed E-state index contributed by atoms with van der Waals surface area (Å²) in [6.07, 6.45) is 1.69. The summed E-state index contributed by atoms with van der Waals surface area (Å²) in [5, 5.41) is 17.5. The average molecular weight is 879 g/mol. The van der Waals surface area contributed by atoms with Crippen LogP contribution in [-0.4, -0.2) is 121 Å². The zero-order valence-electron chi connectivity index (χ0n) is 37.2. The van der Waals surface area contributed by atoms with Crippen molar-refractivity contribution < 1.29 is 53.6 Å². The van der Waals surface area contributed by atoms with Gasteiger partial charge >= 0.3 is 0 Å². The van der Waals surface area contributed by atoms with E-state index in [-0.39, 0.29) is 17.0 Å². The number of carbonyl (C=O) groups is 1. The molecule has 16 nitrogen and oxygen atoms in total. The number of fused-ring (bicyclic) bond motifs is 1. The van der Waals surface area contributed by atoms with Crippen molar-refractivity contribution in [1.82, 2.24) is 15.2 Å². The molecule has 1 aromatic heterocycles. The molecule has 1 saturated heterocycles. The second-order valence-electron chi connectivity index (χ2n) is 15.4. The van der Waals surface area contributed by atoms with Crippen molar-refractivity contribution in [2.75, 3.05) is 117 Å². The highest BCUT2D eigenvalue weighted by Gasteiger charge is 2.23. The number of ether oxygens (including phenoxy) is 8. The smallest absolute Gasteiger partial charge is 0.255 e. The first-order valence-corrected chi connectivity index (χ1v) is 20.9. The molecule has 0 unspecified atom stereocenters. The minimum absolute atomic E-state index is 0. The number of morpholine rings is 1. The lowest BCUT2D eigenvalue weighted by molar-refractivity contribution is 0.0179. The van der Waals surface area contributed by atoms with Crippen LogP contribution >= 0.6 is 0 Å². The van der Waals surface area contributed by atoms with Gasteiger partial charge in [0, 0.05) is 91.6 Å². The molecule has 63 heavy (non-hydrogen) atoms. The number of benzene rings is 4. The molecule has 0 bridgehead atoms. The van der Waals surface area contributed by atoms with Crippen molar-refractivity contribution in [3.8, 4) is 28.7 Å². The maximum atomic E-state index is 12.7. The monoisotopic (exact) mass is 879 g/mol. The molecular weight excluding hydrogens is 809 g/mol. The summed E-state index contributed by atoms with van der Waals surface area (Å²) < 4.78 is 44.0. The number of nitrogens with zero attached hydrogens (tertiary/aromatic N) is 2. The number of nitrogens with one attached hydrogen (secondary N) is 3. The fraction of sp³-hybridized carbons (Fsp3) is 0.404. The Balaban J connectivity index is 0.000000681. The molecule has 1 aliphatic heterocycles. The van der Waals surface area contributed by atoms with Crippen molar-refractivity contribution in [2.24, 2.45) is 0 Å². The second-order valence-corrected chi connectivity index (χ2v) is 15.4. The molecule has 0 radical (unpaired) electrons. The van der Waals surface area contributed by atoms with Crippen LogP contribution in [0.15, 0.2) is 85.1 Å². The van der Waals surface area contributed by atoms with E-state index < -0.39 is 0 Å². The number of amides is 1.